The fourth-order valence-corrected chi connectivity index (χ4v) is 2.39. The number of amides is 1. The van der Waals surface area contributed by atoms with E-state index in [2.05, 4.69) is 19.9 Å². The van der Waals surface area contributed by atoms with Gasteiger partial charge in [-0.05, 0) is 6.07 Å². The Labute approximate surface area is 116 Å². The standard InChI is InChI=1S/C13H17N5O2/c1-17(2)13(19)10-7-18(5-6-20-10)12-9-3-4-14-11(9)15-8-16-12/h3-4,8,10H,5-7H2,1-2H3,(H,14,15,16)/t10-/m1/s1. The summed E-state index contributed by atoms with van der Waals surface area (Å²) < 4.78 is 5.56. The van der Waals surface area contributed by atoms with Gasteiger partial charge < -0.3 is 19.5 Å². The first kappa shape index (κ1) is 12.9. The van der Waals surface area contributed by atoms with E-state index in [1.165, 1.54) is 6.33 Å². The molecular weight excluding hydrogens is 258 g/mol. The molecule has 1 fully saturated rings. The molecule has 0 bridgehead atoms. The molecule has 3 heterocycles. The van der Waals surface area contributed by atoms with E-state index in [4.69, 9.17) is 4.74 Å². The minimum Gasteiger partial charge on any atom is -0.365 e. The molecular formula is C13H17N5O2. The molecule has 2 aromatic rings. The lowest BCUT2D eigenvalue weighted by Gasteiger charge is -2.34. The SMILES string of the molecule is CN(C)C(=O)[C@H]1CN(c2ncnc3[nH]ccc23)CCO1. The van der Waals surface area contributed by atoms with Gasteiger partial charge in [-0.2, -0.15) is 0 Å². The average molecular weight is 275 g/mol. The maximum atomic E-state index is 12.0. The van der Waals surface area contributed by atoms with Crippen LogP contribution in [-0.4, -0.2) is 65.7 Å². The van der Waals surface area contributed by atoms with Gasteiger partial charge in [0, 0.05) is 26.8 Å². The highest BCUT2D eigenvalue weighted by Gasteiger charge is 2.29. The summed E-state index contributed by atoms with van der Waals surface area (Å²) in [5.74, 6) is 0.824. The highest BCUT2D eigenvalue weighted by atomic mass is 16.5. The van der Waals surface area contributed by atoms with Gasteiger partial charge in [-0.3, -0.25) is 4.79 Å². The Balaban J connectivity index is 1.87. The lowest BCUT2D eigenvalue weighted by Crippen LogP contribution is -2.49. The zero-order valence-corrected chi connectivity index (χ0v) is 11.5. The molecule has 7 nitrogen and oxygen atoms in total. The molecule has 3 rings (SSSR count). The zero-order chi connectivity index (χ0) is 14.1. The number of ether oxygens (including phenoxy) is 1. The number of nitrogens with one attached hydrogen (secondary N) is 1. The van der Waals surface area contributed by atoms with E-state index in [1.54, 1.807) is 19.0 Å². The Bertz CT molecular complexity index is 624. The molecule has 7 heteroatoms. The number of hydrogen-bond donors (Lipinski definition) is 1. The Morgan fingerprint density at radius 2 is 2.35 bits per heavy atom. The van der Waals surface area contributed by atoms with E-state index >= 15 is 0 Å². The number of anilines is 1. The molecule has 2 aromatic heterocycles. The first-order chi connectivity index (χ1) is 9.66. The van der Waals surface area contributed by atoms with E-state index in [9.17, 15) is 4.79 Å². The number of hydrogen-bond acceptors (Lipinski definition) is 5. The average Bonchev–Trinajstić information content (AvgIpc) is 2.94. The summed E-state index contributed by atoms with van der Waals surface area (Å²) in [6.45, 7) is 1.74. The van der Waals surface area contributed by atoms with Crippen LogP contribution in [0.1, 0.15) is 0 Å². The van der Waals surface area contributed by atoms with E-state index in [0.717, 1.165) is 16.9 Å². The molecule has 0 aromatic carbocycles. The number of carbonyl (C=O) groups excluding carboxylic acids is 1. The zero-order valence-electron chi connectivity index (χ0n) is 11.5. The van der Waals surface area contributed by atoms with E-state index in [1.807, 2.05) is 12.3 Å². The van der Waals surface area contributed by atoms with Gasteiger partial charge in [-0.25, -0.2) is 9.97 Å². The summed E-state index contributed by atoms with van der Waals surface area (Å²) in [7, 11) is 3.47. The van der Waals surface area contributed by atoms with Gasteiger partial charge in [0.15, 0.2) is 6.10 Å². The summed E-state index contributed by atoms with van der Waals surface area (Å²) in [6, 6.07) is 1.95. The Kier molecular flexibility index (Phi) is 3.27. The summed E-state index contributed by atoms with van der Waals surface area (Å²) >= 11 is 0. The Morgan fingerprint density at radius 1 is 1.50 bits per heavy atom. The van der Waals surface area contributed by atoms with Crippen molar-refractivity contribution in [3.8, 4) is 0 Å². The number of morpholine rings is 1. The van der Waals surface area contributed by atoms with Crippen molar-refractivity contribution in [3.05, 3.63) is 18.6 Å². The van der Waals surface area contributed by atoms with Crippen molar-refractivity contribution in [2.75, 3.05) is 38.7 Å². The summed E-state index contributed by atoms with van der Waals surface area (Å²) in [4.78, 5) is 27.3. The number of nitrogens with zero attached hydrogens (tertiary/aromatic N) is 4. The first-order valence-corrected chi connectivity index (χ1v) is 6.52. The topological polar surface area (TPSA) is 74.4 Å². The Hall–Kier alpha value is -2.15. The molecule has 0 spiro atoms. The smallest absolute Gasteiger partial charge is 0.253 e. The van der Waals surface area contributed by atoms with Crippen LogP contribution in [0.3, 0.4) is 0 Å². The lowest BCUT2D eigenvalue weighted by molar-refractivity contribution is -0.141. The predicted octanol–water partition coefficient (Wildman–Crippen LogP) is 0.251. The van der Waals surface area contributed by atoms with E-state index < -0.39 is 6.10 Å². The van der Waals surface area contributed by atoms with Crippen LogP contribution in [0.5, 0.6) is 0 Å². The molecule has 106 valence electrons. The lowest BCUT2D eigenvalue weighted by atomic mass is 10.2. The second-order valence-corrected chi connectivity index (χ2v) is 4.98. The molecule has 1 aliphatic heterocycles. The molecule has 0 aliphatic carbocycles. The van der Waals surface area contributed by atoms with Crippen LogP contribution in [0.25, 0.3) is 11.0 Å². The molecule has 1 saturated heterocycles. The Morgan fingerprint density at radius 3 is 3.15 bits per heavy atom. The van der Waals surface area contributed by atoms with Crippen LogP contribution in [0, 0.1) is 0 Å². The number of H-pyrrole nitrogens is 1. The molecule has 1 N–H and O–H groups in total. The summed E-state index contributed by atoms with van der Waals surface area (Å²) in [6.07, 6.45) is 2.93. The molecule has 0 unspecified atom stereocenters. The van der Waals surface area contributed by atoms with Crippen molar-refractivity contribution >= 4 is 22.8 Å². The van der Waals surface area contributed by atoms with Gasteiger partial charge in [0.05, 0.1) is 18.5 Å². The van der Waals surface area contributed by atoms with Crippen LogP contribution in [-0.2, 0) is 9.53 Å². The predicted molar refractivity (Wildman–Crippen MR) is 74.5 cm³/mol. The largest absolute Gasteiger partial charge is 0.365 e. The second kappa shape index (κ2) is 5.09. The third-order valence-electron chi connectivity index (χ3n) is 3.42. The molecule has 0 saturated carbocycles. The molecule has 1 aliphatic rings. The number of aromatic nitrogens is 3. The van der Waals surface area contributed by atoms with Crippen molar-refractivity contribution < 1.29 is 9.53 Å². The number of carbonyl (C=O) groups is 1. The van der Waals surface area contributed by atoms with Crippen molar-refractivity contribution in [1.29, 1.82) is 0 Å². The van der Waals surface area contributed by atoms with Gasteiger partial charge >= 0.3 is 0 Å². The normalized spacial score (nSPS) is 19.3. The molecule has 0 radical (unpaired) electrons. The maximum Gasteiger partial charge on any atom is 0.253 e. The monoisotopic (exact) mass is 275 g/mol. The maximum absolute atomic E-state index is 12.0. The minimum absolute atomic E-state index is 0.0194. The second-order valence-electron chi connectivity index (χ2n) is 4.98. The van der Waals surface area contributed by atoms with Crippen molar-refractivity contribution in [1.82, 2.24) is 19.9 Å². The first-order valence-electron chi connectivity index (χ1n) is 6.52. The quantitative estimate of drug-likeness (QED) is 0.850. The fraction of sp³-hybridized carbons (Fsp3) is 0.462. The van der Waals surface area contributed by atoms with Crippen molar-refractivity contribution in [3.63, 3.8) is 0 Å². The van der Waals surface area contributed by atoms with Crippen LogP contribution >= 0.6 is 0 Å². The third-order valence-corrected chi connectivity index (χ3v) is 3.42. The third kappa shape index (κ3) is 2.20. The molecule has 20 heavy (non-hydrogen) atoms. The van der Waals surface area contributed by atoms with Gasteiger partial charge in [-0.1, -0.05) is 0 Å². The van der Waals surface area contributed by atoms with Crippen LogP contribution < -0.4 is 4.90 Å². The van der Waals surface area contributed by atoms with Crippen LogP contribution in [0.15, 0.2) is 18.6 Å². The van der Waals surface area contributed by atoms with Crippen molar-refractivity contribution in [2.24, 2.45) is 0 Å². The highest BCUT2D eigenvalue weighted by Crippen LogP contribution is 2.23. The fourth-order valence-electron chi connectivity index (χ4n) is 2.39. The van der Waals surface area contributed by atoms with E-state index in [-0.39, 0.29) is 5.91 Å². The van der Waals surface area contributed by atoms with Gasteiger partial charge in [-0.15, -0.1) is 0 Å². The number of fused-ring (bicyclic) bond motifs is 1. The van der Waals surface area contributed by atoms with E-state index in [0.29, 0.717) is 19.7 Å². The molecule has 1 atom stereocenters. The number of likely N-dealkylation sites (N-methyl/N-ethyl adjacent to an activating group) is 1. The van der Waals surface area contributed by atoms with Crippen molar-refractivity contribution in [2.45, 2.75) is 6.10 Å². The van der Waals surface area contributed by atoms with Gasteiger partial charge in [0.25, 0.3) is 5.91 Å². The minimum atomic E-state index is -0.442. The number of rotatable bonds is 2. The number of aromatic amines is 1. The molecule has 1 amide bonds. The van der Waals surface area contributed by atoms with Gasteiger partial charge in [0.2, 0.25) is 0 Å². The van der Waals surface area contributed by atoms with Crippen LogP contribution in [0.4, 0.5) is 5.82 Å². The van der Waals surface area contributed by atoms with Crippen LogP contribution in [0.2, 0.25) is 0 Å². The summed E-state index contributed by atoms with van der Waals surface area (Å²) in [5, 5.41) is 0.963. The van der Waals surface area contributed by atoms with Gasteiger partial charge in [0.1, 0.15) is 17.8 Å². The summed E-state index contributed by atoms with van der Waals surface area (Å²) in [5.41, 5.74) is 0.803. The highest BCUT2D eigenvalue weighted by molar-refractivity contribution is 5.88.